The molecule has 1 heterocycles. The number of sulfonamides is 1. The van der Waals surface area contributed by atoms with Gasteiger partial charge in [-0.15, -0.1) is 0 Å². The van der Waals surface area contributed by atoms with Crippen LogP contribution in [0.15, 0.2) is 71.6 Å². The molecule has 0 spiro atoms. The first kappa shape index (κ1) is 25.8. The Morgan fingerprint density at radius 3 is 2.17 bits per heavy atom. The molecule has 0 aliphatic carbocycles. The van der Waals surface area contributed by atoms with E-state index in [1.165, 1.54) is 34.6 Å². The van der Waals surface area contributed by atoms with Crippen molar-refractivity contribution in [2.75, 3.05) is 37.7 Å². The van der Waals surface area contributed by atoms with E-state index < -0.39 is 22.6 Å². The fourth-order valence-corrected chi connectivity index (χ4v) is 5.77. The predicted octanol–water partition coefficient (Wildman–Crippen LogP) is 4.34. The molecule has 0 saturated carbocycles. The number of hydrogen-bond donors (Lipinski definition) is 0. The average Bonchev–Trinajstić information content (AvgIpc) is 2.88. The van der Waals surface area contributed by atoms with Gasteiger partial charge in [-0.3, -0.25) is 4.79 Å². The van der Waals surface area contributed by atoms with Crippen LogP contribution in [0.2, 0.25) is 5.02 Å². The van der Waals surface area contributed by atoms with Gasteiger partial charge in [0.15, 0.2) is 12.4 Å². The number of piperazine rings is 1. The van der Waals surface area contributed by atoms with Crippen molar-refractivity contribution < 1.29 is 27.1 Å². The van der Waals surface area contributed by atoms with E-state index in [0.29, 0.717) is 18.7 Å². The number of halogens is 2. The van der Waals surface area contributed by atoms with Crippen LogP contribution in [0.25, 0.3) is 0 Å². The van der Waals surface area contributed by atoms with Crippen molar-refractivity contribution in [2.24, 2.45) is 0 Å². The summed E-state index contributed by atoms with van der Waals surface area (Å²) in [5, 5.41) is -0.0248. The number of anilines is 1. The number of Topliss-reactive ketones (excluding diaryl/α,β-unsaturated/α-hetero) is 1. The summed E-state index contributed by atoms with van der Waals surface area (Å²) in [5.74, 6) is -1.54. The van der Waals surface area contributed by atoms with Gasteiger partial charge in [0.25, 0.3) is 0 Å². The fraction of sp³-hybridized carbons (Fsp3) is 0.231. The molecular weight excluding hydrogens is 507 g/mol. The zero-order valence-electron chi connectivity index (χ0n) is 19.5. The fourth-order valence-electron chi connectivity index (χ4n) is 3.84. The smallest absolute Gasteiger partial charge is 0.338 e. The second-order valence-electron chi connectivity index (χ2n) is 8.38. The zero-order chi connectivity index (χ0) is 25.9. The minimum absolute atomic E-state index is 0.0248. The maximum Gasteiger partial charge on any atom is 0.338 e. The van der Waals surface area contributed by atoms with Gasteiger partial charge in [-0.25, -0.2) is 17.6 Å². The third-order valence-electron chi connectivity index (χ3n) is 5.92. The molecule has 10 heteroatoms. The van der Waals surface area contributed by atoms with Crippen molar-refractivity contribution in [3.8, 4) is 0 Å². The Balaban J connectivity index is 1.43. The summed E-state index contributed by atoms with van der Waals surface area (Å²) in [4.78, 5) is 26.6. The summed E-state index contributed by atoms with van der Waals surface area (Å²) in [7, 11) is -4.00. The van der Waals surface area contributed by atoms with Gasteiger partial charge in [-0.2, -0.15) is 4.31 Å². The van der Waals surface area contributed by atoms with Gasteiger partial charge in [-0.1, -0.05) is 41.4 Å². The largest absolute Gasteiger partial charge is 0.454 e. The third kappa shape index (κ3) is 5.75. The second kappa shape index (κ2) is 10.8. The van der Waals surface area contributed by atoms with Crippen LogP contribution in [0.3, 0.4) is 0 Å². The highest BCUT2D eigenvalue weighted by Crippen LogP contribution is 2.28. The van der Waals surface area contributed by atoms with Crippen molar-refractivity contribution in [1.82, 2.24) is 4.31 Å². The Morgan fingerprint density at radius 2 is 1.53 bits per heavy atom. The number of ether oxygens (including phenoxy) is 1. The molecule has 0 radical (unpaired) electrons. The van der Waals surface area contributed by atoms with Gasteiger partial charge in [0.1, 0.15) is 10.7 Å². The number of hydrogen-bond acceptors (Lipinski definition) is 6. The number of carbonyl (C=O) groups is 2. The van der Waals surface area contributed by atoms with Crippen molar-refractivity contribution in [3.63, 3.8) is 0 Å². The Labute approximate surface area is 214 Å². The zero-order valence-corrected chi connectivity index (χ0v) is 21.1. The van der Waals surface area contributed by atoms with E-state index in [1.54, 1.807) is 36.4 Å². The van der Waals surface area contributed by atoms with Crippen LogP contribution in [0.5, 0.6) is 0 Å². The highest BCUT2D eigenvalue weighted by molar-refractivity contribution is 7.89. The van der Waals surface area contributed by atoms with E-state index in [4.69, 9.17) is 16.3 Å². The van der Waals surface area contributed by atoms with Crippen LogP contribution < -0.4 is 4.90 Å². The van der Waals surface area contributed by atoms with Gasteiger partial charge in [0.2, 0.25) is 10.0 Å². The van der Waals surface area contributed by atoms with Gasteiger partial charge < -0.3 is 9.64 Å². The van der Waals surface area contributed by atoms with Crippen LogP contribution in [0, 0.1) is 12.7 Å². The number of nitrogens with zero attached hydrogens (tertiary/aromatic N) is 2. The lowest BCUT2D eigenvalue weighted by Gasteiger charge is -2.35. The first-order chi connectivity index (χ1) is 17.1. The maximum atomic E-state index is 13.3. The summed E-state index contributed by atoms with van der Waals surface area (Å²) in [6.45, 7) is 2.62. The Kier molecular flexibility index (Phi) is 7.73. The summed E-state index contributed by atoms with van der Waals surface area (Å²) < 4.78 is 46.3. The van der Waals surface area contributed by atoms with Crippen molar-refractivity contribution in [2.45, 2.75) is 11.8 Å². The van der Waals surface area contributed by atoms with E-state index in [-0.39, 0.29) is 40.2 Å². The lowest BCUT2D eigenvalue weighted by Crippen LogP contribution is -2.48. The molecule has 7 nitrogen and oxygen atoms in total. The second-order valence-corrected chi connectivity index (χ2v) is 10.7. The quantitative estimate of drug-likeness (QED) is 0.334. The normalized spacial score (nSPS) is 14.5. The molecule has 3 aromatic carbocycles. The number of benzene rings is 3. The molecule has 1 saturated heterocycles. The minimum Gasteiger partial charge on any atom is -0.454 e. The number of ketones is 1. The molecule has 3 aromatic rings. The van der Waals surface area contributed by atoms with Gasteiger partial charge in [0.05, 0.1) is 10.6 Å². The first-order valence-corrected chi connectivity index (χ1v) is 13.0. The Hall–Kier alpha value is -3.27. The molecule has 4 rings (SSSR count). The lowest BCUT2D eigenvalue weighted by molar-refractivity contribution is 0.0474. The van der Waals surface area contributed by atoms with E-state index in [1.807, 2.05) is 11.8 Å². The van der Waals surface area contributed by atoms with Crippen LogP contribution in [0.1, 0.15) is 26.3 Å². The summed E-state index contributed by atoms with van der Waals surface area (Å²) in [5.41, 5.74) is 2.18. The molecule has 0 bridgehead atoms. The summed E-state index contributed by atoms with van der Waals surface area (Å²) in [6.07, 6.45) is 0. The molecule has 0 amide bonds. The van der Waals surface area contributed by atoms with Crippen molar-refractivity contribution in [1.29, 1.82) is 0 Å². The average molecular weight is 531 g/mol. The van der Waals surface area contributed by atoms with Crippen molar-refractivity contribution >= 4 is 39.1 Å². The van der Waals surface area contributed by atoms with E-state index in [2.05, 4.69) is 0 Å². The molecule has 188 valence electrons. The molecule has 1 aliphatic rings. The van der Waals surface area contributed by atoms with Gasteiger partial charge >= 0.3 is 5.97 Å². The highest BCUT2D eigenvalue weighted by atomic mass is 35.5. The topological polar surface area (TPSA) is 84.0 Å². The van der Waals surface area contributed by atoms with E-state index >= 15 is 0 Å². The lowest BCUT2D eigenvalue weighted by atomic mass is 10.1. The molecule has 0 aromatic heterocycles. The first-order valence-electron chi connectivity index (χ1n) is 11.2. The van der Waals surface area contributed by atoms with Crippen LogP contribution >= 0.6 is 11.6 Å². The number of rotatable bonds is 7. The molecule has 1 fully saturated rings. The number of carbonyl (C=O) groups excluding carboxylic acids is 2. The van der Waals surface area contributed by atoms with Gasteiger partial charge in [0, 0.05) is 37.4 Å². The molecule has 1 aliphatic heterocycles. The Morgan fingerprint density at radius 1 is 0.917 bits per heavy atom. The summed E-state index contributed by atoms with van der Waals surface area (Å²) >= 11 is 6.21. The van der Waals surface area contributed by atoms with Crippen LogP contribution in [-0.2, 0) is 14.8 Å². The van der Waals surface area contributed by atoms with Crippen molar-refractivity contribution in [3.05, 3.63) is 94.3 Å². The standard InChI is InChI=1S/C26H24ClFN2O5S/c1-18-2-4-19(5-3-18)24(31)17-35-26(32)20-6-11-23(27)25(16-20)36(33,34)30-14-12-29(13-15-30)22-9-7-21(28)8-10-22/h2-11,16H,12-15,17H2,1H3. The SMILES string of the molecule is Cc1ccc(C(=O)COC(=O)c2ccc(Cl)c(S(=O)(=O)N3CCN(c4ccc(F)cc4)CC3)c2)cc1. The monoisotopic (exact) mass is 530 g/mol. The third-order valence-corrected chi connectivity index (χ3v) is 8.30. The molecule has 0 N–H and O–H groups in total. The van der Waals surface area contributed by atoms with Crippen LogP contribution in [0.4, 0.5) is 10.1 Å². The number of esters is 1. The van der Waals surface area contributed by atoms with E-state index in [9.17, 15) is 22.4 Å². The maximum absolute atomic E-state index is 13.3. The summed E-state index contributed by atoms with van der Waals surface area (Å²) in [6, 6.07) is 16.7. The predicted molar refractivity (Wildman–Crippen MR) is 135 cm³/mol. The molecule has 0 atom stereocenters. The molecule has 36 heavy (non-hydrogen) atoms. The Bertz CT molecular complexity index is 1370. The number of aryl methyl sites for hydroxylation is 1. The molecule has 0 unspecified atom stereocenters. The van der Waals surface area contributed by atoms with E-state index in [0.717, 1.165) is 11.3 Å². The molecular formula is C26H24ClFN2O5S. The van der Waals surface area contributed by atoms with Gasteiger partial charge in [-0.05, 0) is 49.4 Å². The minimum atomic E-state index is -4.00. The van der Waals surface area contributed by atoms with Crippen LogP contribution in [-0.4, -0.2) is 57.3 Å². The highest BCUT2D eigenvalue weighted by Gasteiger charge is 2.31.